The van der Waals surface area contributed by atoms with Crippen LogP contribution in [-0.2, 0) is 20.9 Å². The first-order valence-electron chi connectivity index (χ1n) is 11.0. The molecule has 0 spiro atoms. The molecule has 2 amide bonds. The number of nitrogens with one attached hydrogen (secondary N) is 2. The van der Waals surface area contributed by atoms with Crippen molar-refractivity contribution < 1.29 is 19.2 Å². The second-order valence-electron chi connectivity index (χ2n) is 7.72. The third-order valence-electron chi connectivity index (χ3n) is 5.06. The number of nitrogens with zero attached hydrogens (tertiary/aromatic N) is 1. The standard InChI is InChI=1S/C26H27N3O5/c30-25(28-23-10-6-9-22(17-23)21-7-2-1-3-8-21)11-4-5-16-27-26(31)19-34-18-20-12-14-24(15-13-20)29(32)33/h1-3,6-10,12-15,17H,4-5,11,16,18-19H2,(H,27,31)(H,28,30). The molecule has 0 bridgehead atoms. The van der Waals surface area contributed by atoms with Gasteiger partial charge in [0.15, 0.2) is 0 Å². The second-order valence-corrected chi connectivity index (χ2v) is 7.72. The SMILES string of the molecule is O=C(COCc1ccc([N+](=O)[O-])cc1)NCCCCC(=O)Nc1cccc(-c2ccccc2)c1. The van der Waals surface area contributed by atoms with E-state index in [0.29, 0.717) is 25.8 Å². The highest BCUT2D eigenvalue weighted by Crippen LogP contribution is 2.22. The smallest absolute Gasteiger partial charge is 0.269 e. The van der Waals surface area contributed by atoms with Crippen molar-refractivity contribution in [1.82, 2.24) is 5.32 Å². The second kappa shape index (κ2) is 12.9. The topological polar surface area (TPSA) is 111 Å². The zero-order valence-corrected chi connectivity index (χ0v) is 18.7. The van der Waals surface area contributed by atoms with Gasteiger partial charge in [0, 0.05) is 30.8 Å². The molecule has 0 unspecified atom stereocenters. The number of hydrogen-bond acceptors (Lipinski definition) is 5. The van der Waals surface area contributed by atoms with E-state index >= 15 is 0 Å². The number of anilines is 1. The predicted molar refractivity (Wildman–Crippen MR) is 130 cm³/mol. The van der Waals surface area contributed by atoms with Gasteiger partial charge in [-0.1, -0.05) is 42.5 Å². The summed E-state index contributed by atoms with van der Waals surface area (Å²) in [5.41, 5.74) is 3.64. The number of carbonyl (C=O) groups excluding carboxylic acids is 2. The number of carbonyl (C=O) groups is 2. The Hall–Kier alpha value is -4.04. The molecule has 0 aliphatic heterocycles. The van der Waals surface area contributed by atoms with Crippen LogP contribution in [0.4, 0.5) is 11.4 Å². The van der Waals surface area contributed by atoms with Crippen molar-refractivity contribution in [1.29, 1.82) is 0 Å². The largest absolute Gasteiger partial charge is 0.367 e. The predicted octanol–water partition coefficient (Wildman–Crippen LogP) is 4.70. The molecule has 0 aliphatic carbocycles. The molecule has 0 atom stereocenters. The van der Waals surface area contributed by atoms with Crippen molar-refractivity contribution in [3.05, 3.63) is 94.5 Å². The van der Waals surface area contributed by atoms with Gasteiger partial charge in [-0.25, -0.2) is 0 Å². The summed E-state index contributed by atoms with van der Waals surface area (Å²) in [6.45, 7) is 0.544. The summed E-state index contributed by atoms with van der Waals surface area (Å²) in [5.74, 6) is -0.313. The fourth-order valence-corrected chi connectivity index (χ4v) is 3.30. The van der Waals surface area contributed by atoms with E-state index in [2.05, 4.69) is 10.6 Å². The number of nitro groups is 1. The number of unbranched alkanes of at least 4 members (excludes halogenated alkanes) is 1. The molecular formula is C26H27N3O5. The van der Waals surface area contributed by atoms with E-state index in [4.69, 9.17) is 4.74 Å². The first-order valence-corrected chi connectivity index (χ1v) is 11.0. The molecular weight excluding hydrogens is 434 g/mol. The van der Waals surface area contributed by atoms with Gasteiger partial charge in [0.2, 0.25) is 11.8 Å². The van der Waals surface area contributed by atoms with E-state index < -0.39 is 4.92 Å². The molecule has 0 aliphatic rings. The maximum atomic E-state index is 12.2. The van der Waals surface area contributed by atoms with Gasteiger partial charge in [-0.15, -0.1) is 0 Å². The van der Waals surface area contributed by atoms with Gasteiger partial charge < -0.3 is 15.4 Å². The van der Waals surface area contributed by atoms with E-state index in [-0.39, 0.29) is 30.7 Å². The van der Waals surface area contributed by atoms with E-state index in [1.165, 1.54) is 12.1 Å². The van der Waals surface area contributed by atoms with E-state index in [0.717, 1.165) is 22.4 Å². The van der Waals surface area contributed by atoms with Crippen LogP contribution in [0.1, 0.15) is 24.8 Å². The molecule has 8 heteroatoms. The lowest BCUT2D eigenvalue weighted by Crippen LogP contribution is -2.28. The summed E-state index contributed by atoms with van der Waals surface area (Å²) in [7, 11) is 0. The van der Waals surface area contributed by atoms with Crippen molar-refractivity contribution in [3.63, 3.8) is 0 Å². The Bertz CT molecular complexity index is 1100. The summed E-state index contributed by atoms with van der Waals surface area (Å²) in [6.07, 6.45) is 1.68. The summed E-state index contributed by atoms with van der Waals surface area (Å²) in [6, 6.07) is 23.7. The molecule has 0 radical (unpaired) electrons. The van der Waals surface area contributed by atoms with Crippen molar-refractivity contribution in [2.24, 2.45) is 0 Å². The summed E-state index contributed by atoms with van der Waals surface area (Å²) < 4.78 is 5.34. The summed E-state index contributed by atoms with van der Waals surface area (Å²) >= 11 is 0. The minimum Gasteiger partial charge on any atom is -0.367 e. The normalized spacial score (nSPS) is 10.5. The number of rotatable bonds is 12. The monoisotopic (exact) mass is 461 g/mol. The van der Waals surface area contributed by atoms with Crippen LogP contribution in [-0.4, -0.2) is 29.9 Å². The maximum absolute atomic E-state index is 12.2. The molecule has 8 nitrogen and oxygen atoms in total. The highest BCUT2D eigenvalue weighted by atomic mass is 16.6. The lowest BCUT2D eigenvalue weighted by molar-refractivity contribution is -0.384. The Morgan fingerprint density at radius 1 is 0.853 bits per heavy atom. The number of amides is 2. The quantitative estimate of drug-likeness (QED) is 0.231. The summed E-state index contributed by atoms with van der Waals surface area (Å²) in [5, 5.41) is 16.3. The molecule has 3 aromatic rings. The third kappa shape index (κ3) is 8.14. The number of benzene rings is 3. The van der Waals surface area contributed by atoms with Crippen molar-refractivity contribution >= 4 is 23.2 Å². The zero-order chi connectivity index (χ0) is 24.2. The Labute approximate surface area is 198 Å². The van der Waals surface area contributed by atoms with Crippen LogP contribution in [0.25, 0.3) is 11.1 Å². The lowest BCUT2D eigenvalue weighted by atomic mass is 10.1. The third-order valence-corrected chi connectivity index (χ3v) is 5.06. The van der Waals surface area contributed by atoms with Gasteiger partial charge in [0.25, 0.3) is 5.69 Å². The number of ether oxygens (including phenoxy) is 1. The molecule has 34 heavy (non-hydrogen) atoms. The molecule has 0 heterocycles. The fraction of sp³-hybridized carbons (Fsp3) is 0.231. The molecule has 0 aromatic heterocycles. The van der Waals surface area contributed by atoms with Gasteiger partial charge in [0.1, 0.15) is 6.61 Å². The van der Waals surface area contributed by atoms with Gasteiger partial charge >= 0.3 is 0 Å². The lowest BCUT2D eigenvalue weighted by Gasteiger charge is -2.09. The van der Waals surface area contributed by atoms with Gasteiger partial charge in [-0.05, 0) is 53.8 Å². The Kier molecular flexibility index (Phi) is 9.30. The highest BCUT2D eigenvalue weighted by molar-refractivity contribution is 5.91. The Morgan fingerprint density at radius 2 is 1.59 bits per heavy atom. The molecule has 0 saturated heterocycles. The van der Waals surface area contributed by atoms with E-state index in [1.807, 2.05) is 54.6 Å². The zero-order valence-electron chi connectivity index (χ0n) is 18.7. The molecule has 0 fully saturated rings. The summed E-state index contributed by atoms with van der Waals surface area (Å²) in [4.78, 5) is 34.3. The van der Waals surface area contributed by atoms with Gasteiger partial charge in [-0.3, -0.25) is 19.7 Å². The number of non-ortho nitro benzene ring substituents is 1. The average Bonchev–Trinajstić information content (AvgIpc) is 2.85. The van der Waals surface area contributed by atoms with Crippen LogP contribution in [0.15, 0.2) is 78.9 Å². The Balaban J connectivity index is 1.28. The van der Waals surface area contributed by atoms with Crippen LogP contribution in [0.3, 0.4) is 0 Å². The molecule has 3 aromatic carbocycles. The van der Waals surface area contributed by atoms with Crippen molar-refractivity contribution in [2.75, 3.05) is 18.5 Å². The Morgan fingerprint density at radius 3 is 2.32 bits per heavy atom. The molecule has 3 rings (SSSR count). The van der Waals surface area contributed by atoms with Gasteiger partial charge in [0.05, 0.1) is 11.5 Å². The van der Waals surface area contributed by atoms with Crippen molar-refractivity contribution in [3.8, 4) is 11.1 Å². The van der Waals surface area contributed by atoms with Crippen molar-refractivity contribution in [2.45, 2.75) is 25.9 Å². The molecule has 0 saturated carbocycles. The maximum Gasteiger partial charge on any atom is 0.269 e. The molecule has 176 valence electrons. The molecule has 2 N–H and O–H groups in total. The fourth-order valence-electron chi connectivity index (χ4n) is 3.30. The van der Waals surface area contributed by atoms with Crippen LogP contribution < -0.4 is 10.6 Å². The minimum atomic E-state index is -0.467. The van der Waals surface area contributed by atoms with Gasteiger partial charge in [-0.2, -0.15) is 0 Å². The average molecular weight is 462 g/mol. The van der Waals surface area contributed by atoms with Crippen LogP contribution in [0.5, 0.6) is 0 Å². The van der Waals surface area contributed by atoms with Crippen LogP contribution >= 0.6 is 0 Å². The number of hydrogen-bond donors (Lipinski definition) is 2. The number of nitro benzene ring substituents is 1. The first kappa shape index (κ1) is 24.6. The first-order chi connectivity index (χ1) is 16.5. The van der Waals surface area contributed by atoms with Crippen LogP contribution in [0, 0.1) is 10.1 Å². The van der Waals surface area contributed by atoms with E-state index in [1.54, 1.807) is 12.1 Å². The highest BCUT2D eigenvalue weighted by Gasteiger charge is 2.07. The van der Waals surface area contributed by atoms with E-state index in [9.17, 15) is 19.7 Å². The van der Waals surface area contributed by atoms with Crippen LogP contribution in [0.2, 0.25) is 0 Å². The minimum absolute atomic E-state index is 0.0101.